The van der Waals surface area contributed by atoms with Crippen molar-refractivity contribution in [2.75, 3.05) is 5.32 Å². The Morgan fingerprint density at radius 2 is 2.38 bits per heavy atom. The zero-order chi connectivity index (χ0) is 12.1. The van der Waals surface area contributed by atoms with Crippen LogP contribution in [0, 0.1) is 19.3 Å². The molecule has 1 unspecified atom stereocenters. The predicted molar refractivity (Wildman–Crippen MR) is 60.3 cm³/mol. The van der Waals surface area contributed by atoms with Crippen molar-refractivity contribution < 1.29 is 9.90 Å². The smallest absolute Gasteiger partial charge is 0.354 e. The molecule has 1 heterocycles. The minimum Gasteiger partial charge on any atom is -0.477 e. The van der Waals surface area contributed by atoms with Crippen LogP contribution in [0.2, 0.25) is 0 Å². The molecule has 0 amide bonds. The molecule has 0 saturated carbocycles. The fourth-order valence-corrected chi connectivity index (χ4v) is 1.16. The maximum Gasteiger partial charge on any atom is 0.354 e. The number of hydrogen-bond acceptors (Lipinski definition) is 4. The third-order valence-electron chi connectivity index (χ3n) is 1.99. The van der Waals surface area contributed by atoms with E-state index in [1.807, 2.05) is 6.92 Å². The van der Waals surface area contributed by atoms with Crippen LogP contribution in [0.3, 0.4) is 0 Å². The van der Waals surface area contributed by atoms with Gasteiger partial charge in [-0.2, -0.15) is 0 Å². The number of anilines is 1. The fraction of sp³-hybridized carbons (Fsp3) is 0.364. The van der Waals surface area contributed by atoms with Crippen LogP contribution < -0.4 is 5.32 Å². The second-order valence-corrected chi connectivity index (χ2v) is 3.30. The van der Waals surface area contributed by atoms with Gasteiger partial charge in [-0.05, 0) is 19.4 Å². The van der Waals surface area contributed by atoms with Crippen molar-refractivity contribution >= 4 is 11.9 Å². The van der Waals surface area contributed by atoms with Crippen molar-refractivity contribution in [3.8, 4) is 12.3 Å². The summed E-state index contributed by atoms with van der Waals surface area (Å²) in [5, 5.41) is 11.7. The number of hydrogen-bond donors (Lipinski definition) is 2. The number of carboxylic acids is 1. The van der Waals surface area contributed by atoms with E-state index < -0.39 is 5.97 Å². The highest BCUT2D eigenvalue weighted by atomic mass is 16.4. The minimum absolute atomic E-state index is 0.0399. The molecule has 0 radical (unpaired) electrons. The zero-order valence-electron chi connectivity index (χ0n) is 9.19. The van der Waals surface area contributed by atoms with Crippen molar-refractivity contribution in [2.45, 2.75) is 26.3 Å². The first kappa shape index (κ1) is 12.0. The standard InChI is InChI=1S/C11H13N3O2/c1-4-8(5-2)13-11-12-7(3)6-9(14-11)10(15)16/h1,6,8H,5H2,2-3H3,(H,15,16)(H,12,13,14). The summed E-state index contributed by atoms with van der Waals surface area (Å²) in [4.78, 5) is 18.7. The normalized spacial score (nSPS) is 11.6. The first-order valence-corrected chi connectivity index (χ1v) is 4.88. The van der Waals surface area contributed by atoms with Crippen molar-refractivity contribution in [1.82, 2.24) is 9.97 Å². The van der Waals surface area contributed by atoms with E-state index in [9.17, 15) is 4.79 Å². The molecule has 5 heteroatoms. The van der Waals surface area contributed by atoms with Gasteiger partial charge in [0.1, 0.15) is 0 Å². The summed E-state index contributed by atoms with van der Waals surface area (Å²) in [7, 11) is 0. The number of terminal acetylenes is 1. The monoisotopic (exact) mass is 219 g/mol. The minimum atomic E-state index is -1.08. The molecule has 1 atom stereocenters. The van der Waals surface area contributed by atoms with E-state index in [1.165, 1.54) is 6.07 Å². The molecule has 0 saturated heterocycles. The van der Waals surface area contributed by atoms with Crippen molar-refractivity contribution in [3.63, 3.8) is 0 Å². The lowest BCUT2D eigenvalue weighted by molar-refractivity contribution is 0.0690. The molecule has 84 valence electrons. The van der Waals surface area contributed by atoms with Gasteiger partial charge in [-0.1, -0.05) is 12.8 Å². The van der Waals surface area contributed by atoms with Gasteiger partial charge in [0, 0.05) is 5.69 Å². The van der Waals surface area contributed by atoms with Crippen LogP contribution in [0.4, 0.5) is 5.95 Å². The average Bonchev–Trinajstić information content (AvgIpc) is 2.25. The summed E-state index contributed by atoms with van der Waals surface area (Å²) < 4.78 is 0. The maximum atomic E-state index is 10.8. The molecular weight excluding hydrogens is 206 g/mol. The van der Waals surface area contributed by atoms with Crippen LogP contribution in [0.15, 0.2) is 6.07 Å². The molecule has 0 aliphatic rings. The first-order chi connectivity index (χ1) is 7.56. The van der Waals surface area contributed by atoms with Gasteiger partial charge in [0.15, 0.2) is 5.69 Å². The first-order valence-electron chi connectivity index (χ1n) is 4.88. The van der Waals surface area contributed by atoms with Gasteiger partial charge in [0.25, 0.3) is 0 Å². The Labute approximate surface area is 93.9 Å². The number of carboxylic acid groups (broad SMARTS) is 1. The highest BCUT2D eigenvalue weighted by Crippen LogP contribution is 2.07. The Hall–Kier alpha value is -2.09. The molecule has 0 aliphatic carbocycles. The Kier molecular flexibility index (Phi) is 3.84. The van der Waals surface area contributed by atoms with Gasteiger partial charge in [0.05, 0.1) is 6.04 Å². The molecule has 0 fully saturated rings. The van der Waals surface area contributed by atoms with Crippen molar-refractivity contribution in [2.24, 2.45) is 0 Å². The van der Waals surface area contributed by atoms with Crippen molar-refractivity contribution in [1.29, 1.82) is 0 Å². The molecular formula is C11H13N3O2. The summed E-state index contributed by atoms with van der Waals surface area (Å²) >= 11 is 0. The number of nitrogens with zero attached hydrogens (tertiary/aromatic N) is 2. The Morgan fingerprint density at radius 3 is 2.88 bits per heavy atom. The summed E-state index contributed by atoms with van der Waals surface area (Å²) in [5.41, 5.74) is 0.545. The predicted octanol–water partition coefficient (Wildman–Crippen LogP) is 1.31. The fourth-order valence-electron chi connectivity index (χ4n) is 1.16. The third-order valence-corrected chi connectivity index (χ3v) is 1.99. The zero-order valence-corrected chi connectivity index (χ0v) is 9.19. The summed E-state index contributed by atoms with van der Waals surface area (Å²) in [6.45, 7) is 3.63. The van der Waals surface area contributed by atoms with Gasteiger partial charge in [-0.15, -0.1) is 6.42 Å². The SMILES string of the molecule is C#CC(CC)Nc1nc(C)cc(C(=O)O)n1. The molecule has 0 aliphatic heterocycles. The van der Waals surface area contributed by atoms with Gasteiger partial charge in [-0.25, -0.2) is 14.8 Å². The number of rotatable bonds is 4. The quantitative estimate of drug-likeness (QED) is 0.747. The largest absolute Gasteiger partial charge is 0.477 e. The van der Waals surface area contributed by atoms with E-state index in [4.69, 9.17) is 11.5 Å². The molecule has 0 aromatic carbocycles. The Balaban J connectivity index is 2.97. The number of aryl methyl sites for hydroxylation is 1. The van der Waals surface area contributed by atoms with E-state index in [-0.39, 0.29) is 17.7 Å². The third kappa shape index (κ3) is 2.95. The van der Waals surface area contributed by atoms with Gasteiger partial charge < -0.3 is 10.4 Å². The molecule has 1 aromatic heterocycles. The lowest BCUT2D eigenvalue weighted by Gasteiger charge is -2.11. The van der Waals surface area contributed by atoms with Crippen LogP contribution >= 0.6 is 0 Å². The molecule has 0 bridgehead atoms. The Bertz CT molecular complexity index is 437. The van der Waals surface area contributed by atoms with E-state index in [0.717, 1.165) is 6.42 Å². The highest BCUT2D eigenvalue weighted by Gasteiger charge is 2.10. The topological polar surface area (TPSA) is 75.1 Å². The van der Waals surface area contributed by atoms with E-state index in [0.29, 0.717) is 5.69 Å². The van der Waals surface area contributed by atoms with Gasteiger partial charge in [-0.3, -0.25) is 0 Å². The molecule has 5 nitrogen and oxygen atoms in total. The van der Waals surface area contributed by atoms with Crippen LogP contribution in [-0.4, -0.2) is 27.1 Å². The summed E-state index contributed by atoms with van der Waals surface area (Å²) in [6, 6.07) is 1.22. The number of aromatic carboxylic acids is 1. The van der Waals surface area contributed by atoms with Crippen LogP contribution in [0.1, 0.15) is 29.5 Å². The van der Waals surface area contributed by atoms with E-state index in [2.05, 4.69) is 21.2 Å². The average molecular weight is 219 g/mol. The number of nitrogens with one attached hydrogen (secondary N) is 1. The lowest BCUT2D eigenvalue weighted by Crippen LogP contribution is -2.19. The summed E-state index contributed by atoms with van der Waals surface area (Å²) in [6.07, 6.45) is 6.00. The molecule has 1 aromatic rings. The maximum absolute atomic E-state index is 10.8. The van der Waals surface area contributed by atoms with Gasteiger partial charge in [0.2, 0.25) is 5.95 Å². The molecule has 16 heavy (non-hydrogen) atoms. The van der Waals surface area contributed by atoms with Crippen LogP contribution in [0.5, 0.6) is 0 Å². The van der Waals surface area contributed by atoms with E-state index >= 15 is 0 Å². The van der Waals surface area contributed by atoms with Crippen LogP contribution in [0.25, 0.3) is 0 Å². The second-order valence-electron chi connectivity index (χ2n) is 3.30. The molecule has 1 rings (SSSR count). The highest BCUT2D eigenvalue weighted by molar-refractivity contribution is 5.85. The number of aromatic nitrogens is 2. The molecule has 0 spiro atoms. The molecule has 2 N–H and O–H groups in total. The lowest BCUT2D eigenvalue weighted by atomic mass is 10.2. The van der Waals surface area contributed by atoms with E-state index in [1.54, 1.807) is 6.92 Å². The second kappa shape index (κ2) is 5.12. The Morgan fingerprint density at radius 1 is 1.69 bits per heavy atom. The summed E-state index contributed by atoms with van der Waals surface area (Å²) in [5.74, 6) is 1.70. The van der Waals surface area contributed by atoms with Crippen molar-refractivity contribution in [3.05, 3.63) is 17.5 Å². The van der Waals surface area contributed by atoms with Crippen LogP contribution in [-0.2, 0) is 0 Å². The van der Waals surface area contributed by atoms with Gasteiger partial charge >= 0.3 is 5.97 Å². The number of carbonyl (C=O) groups is 1.